The monoisotopic (exact) mass is 527 g/mol. The summed E-state index contributed by atoms with van der Waals surface area (Å²) in [5, 5.41) is 9.60. The first-order valence-corrected chi connectivity index (χ1v) is 17.4. The van der Waals surface area contributed by atoms with Gasteiger partial charge in [-0.2, -0.15) is 0 Å². The van der Waals surface area contributed by atoms with Gasteiger partial charge >= 0.3 is 5.97 Å². The molecule has 0 aliphatic carbocycles. The molecule has 0 radical (unpaired) electrons. The van der Waals surface area contributed by atoms with Crippen LogP contribution in [0.5, 0.6) is 0 Å². The average Bonchev–Trinajstić information content (AvgIpc) is 3.45. The summed E-state index contributed by atoms with van der Waals surface area (Å²) >= 11 is 0. The van der Waals surface area contributed by atoms with Gasteiger partial charge in [-0.3, -0.25) is 4.79 Å². The molecule has 2 aliphatic rings. The van der Waals surface area contributed by atoms with Gasteiger partial charge in [-0.05, 0) is 77.7 Å². The molecule has 2 rings (SSSR count). The van der Waals surface area contributed by atoms with Crippen LogP contribution in [0.4, 0.5) is 0 Å². The highest BCUT2D eigenvalue weighted by Crippen LogP contribution is 2.43. The van der Waals surface area contributed by atoms with Gasteiger partial charge in [0, 0.05) is 17.9 Å². The van der Waals surface area contributed by atoms with Gasteiger partial charge in [0.15, 0.2) is 8.32 Å². The number of ether oxygens (including phenoxy) is 2. The Kier molecular flexibility index (Phi) is 11.5. The summed E-state index contributed by atoms with van der Waals surface area (Å²) in [5.41, 5.74) is 0. The van der Waals surface area contributed by atoms with Gasteiger partial charge in [0.2, 0.25) is 0 Å². The minimum atomic E-state index is -2.03. The summed E-state index contributed by atoms with van der Waals surface area (Å²) < 4.78 is 20.2. The van der Waals surface area contributed by atoms with Gasteiger partial charge in [0.1, 0.15) is 0 Å². The maximum absolute atomic E-state index is 11.5. The molecule has 0 aromatic rings. The maximum Gasteiger partial charge on any atom is 0.308 e. The lowest BCUT2D eigenvalue weighted by Gasteiger charge is -2.45. The maximum atomic E-state index is 11.5. The first-order chi connectivity index (χ1) is 16.6. The van der Waals surface area contributed by atoms with Gasteiger partial charge in [-0.25, -0.2) is 0 Å². The van der Waals surface area contributed by atoms with E-state index in [9.17, 15) is 9.90 Å². The second-order valence-corrected chi connectivity index (χ2v) is 18.3. The molecule has 0 spiro atoms. The van der Waals surface area contributed by atoms with Crippen LogP contribution < -0.4 is 0 Å². The molecule has 7 heteroatoms. The fourth-order valence-corrected chi connectivity index (χ4v) is 7.22. The van der Waals surface area contributed by atoms with E-state index in [4.69, 9.17) is 13.9 Å². The molecule has 212 valence electrons. The lowest BCUT2D eigenvalue weighted by molar-refractivity contribution is -0.147. The Labute approximate surface area is 223 Å². The van der Waals surface area contributed by atoms with E-state index in [1.54, 1.807) is 6.92 Å². The van der Waals surface area contributed by atoms with E-state index in [1.165, 1.54) is 12.8 Å². The molecule has 2 saturated heterocycles. The van der Waals surface area contributed by atoms with E-state index < -0.39 is 20.2 Å². The van der Waals surface area contributed by atoms with Gasteiger partial charge in [-0.1, -0.05) is 48.0 Å². The van der Waals surface area contributed by atoms with Gasteiger partial charge in [0.05, 0.1) is 36.4 Å². The lowest BCUT2D eigenvalue weighted by atomic mass is 9.84. The quantitative estimate of drug-likeness (QED) is 0.273. The van der Waals surface area contributed by atoms with E-state index in [0.717, 1.165) is 32.1 Å². The molecule has 2 heterocycles. The Balaban J connectivity index is 2.17. The molecule has 6 nitrogen and oxygen atoms in total. The highest BCUT2D eigenvalue weighted by Gasteiger charge is 2.47. The number of nitrogens with zero attached hydrogens (tertiary/aromatic N) is 1. The highest BCUT2D eigenvalue weighted by molar-refractivity contribution is 6.74. The molecular formula is C29H57NO5Si. The number of rotatable bonds is 13. The molecule has 2 aliphatic heterocycles. The number of aliphatic carboxylic acids is 1. The van der Waals surface area contributed by atoms with Crippen LogP contribution in [0.1, 0.15) is 93.4 Å². The second-order valence-electron chi connectivity index (χ2n) is 13.5. The number of hydrogen-bond donors (Lipinski definition) is 1. The topological polar surface area (TPSA) is 68.2 Å². The van der Waals surface area contributed by atoms with Crippen molar-refractivity contribution in [3.63, 3.8) is 0 Å². The van der Waals surface area contributed by atoms with Crippen molar-refractivity contribution in [1.29, 1.82) is 0 Å². The van der Waals surface area contributed by atoms with Crippen molar-refractivity contribution >= 4 is 14.3 Å². The van der Waals surface area contributed by atoms with Crippen LogP contribution in [0, 0.1) is 17.8 Å². The molecule has 0 unspecified atom stereocenters. The van der Waals surface area contributed by atoms with Gasteiger partial charge in [0.25, 0.3) is 0 Å². The molecule has 0 bridgehead atoms. The third-order valence-corrected chi connectivity index (χ3v) is 14.0. The average molecular weight is 528 g/mol. The number of carboxylic acid groups (broad SMARTS) is 1. The minimum Gasteiger partial charge on any atom is -0.481 e. The van der Waals surface area contributed by atoms with Crippen molar-refractivity contribution in [3.05, 3.63) is 0 Å². The van der Waals surface area contributed by atoms with Crippen molar-refractivity contribution in [2.75, 3.05) is 14.1 Å². The highest BCUT2D eigenvalue weighted by atomic mass is 28.4. The van der Waals surface area contributed by atoms with Crippen molar-refractivity contribution in [2.24, 2.45) is 17.8 Å². The summed E-state index contributed by atoms with van der Waals surface area (Å²) in [6, 6.07) is 0.562. The predicted molar refractivity (Wildman–Crippen MR) is 150 cm³/mol. The molecule has 0 amide bonds. The van der Waals surface area contributed by atoms with E-state index in [0.29, 0.717) is 12.1 Å². The fraction of sp³-hybridized carbons (Fsp3) is 0.966. The first kappa shape index (κ1) is 31.7. The Morgan fingerprint density at radius 2 is 1.53 bits per heavy atom. The van der Waals surface area contributed by atoms with Crippen molar-refractivity contribution in [2.45, 2.75) is 148 Å². The second kappa shape index (κ2) is 13.1. The van der Waals surface area contributed by atoms with Crippen LogP contribution in [-0.4, -0.2) is 75.0 Å². The smallest absolute Gasteiger partial charge is 0.308 e. The molecule has 36 heavy (non-hydrogen) atoms. The largest absolute Gasteiger partial charge is 0.481 e. The third-order valence-electron chi connectivity index (χ3n) is 9.51. The number of carbonyl (C=O) groups is 1. The van der Waals surface area contributed by atoms with Gasteiger partial charge in [-0.15, -0.1) is 0 Å². The SMILES string of the molecule is CCC[C@H](C[C@@H]1CC[C@H]([C@@H](C)[C@H](O[Si](C)(C)C(C)(C)C)[C@H](C)[C@@H]2CC[C@H]([C@@H](C)C(=O)O)O2)O1)N(C)C. The first-order valence-electron chi connectivity index (χ1n) is 14.5. The standard InChI is InChI=1S/C29H57NO5Si/c1-12-13-22(30(8)9)18-23-14-15-24(33-23)19(2)27(35-36(10,11)29(5,6)7)20(3)25-16-17-26(34-25)21(4)28(31)32/h19-27H,12-18H2,1-11H3,(H,31,32)/t19-,20-,21-,22-,23+,24-,25+,26-,27+/m1/s1. The summed E-state index contributed by atoms with van der Waals surface area (Å²) in [6.45, 7) is 20.1. The van der Waals surface area contributed by atoms with Crippen LogP contribution in [0.15, 0.2) is 0 Å². The zero-order valence-electron chi connectivity index (χ0n) is 25.2. The van der Waals surface area contributed by atoms with E-state index >= 15 is 0 Å². The number of carboxylic acids is 1. The van der Waals surface area contributed by atoms with Crippen LogP contribution in [0.3, 0.4) is 0 Å². The Hall–Kier alpha value is -0.473. The molecule has 1 N–H and O–H groups in total. The van der Waals surface area contributed by atoms with Crippen molar-refractivity contribution < 1.29 is 23.8 Å². The summed E-state index contributed by atoms with van der Waals surface area (Å²) in [5.74, 6) is -0.827. The molecule has 2 fully saturated rings. The van der Waals surface area contributed by atoms with Crippen LogP contribution in [0.2, 0.25) is 18.1 Å². The minimum absolute atomic E-state index is 0.0221. The van der Waals surface area contributed by atoms with Crippen molar-refractivity contribution in [1.82, 2.24) is 4.90 Å². The fourth-order valence-electron chi connectivity index (χ4n) is 5.75. The Bertz CT molecular complexity index is 694. The van der Waals surface area contributed by atoms with Crippen LogP contribution in [-0.2, 0) is 18.7 Å². The normalized spacial score (nSPS) is 29.8. The predicted octanol–water partition coefficient (Wildman–Crippen LogP) is 6.59. The zero-order chi connectivity index (χ0) is 27.4. The van der Waals surface area contributed by atoms with Crippen molar-refractivity contribution in [3.8, 4) is 0 Å². The molecular weight excluding hydrogens is 470 g/mol. The third kappa shape index (κ3) is 8.01. The zero-order valence-corrected chi connectivity index (χ0v) is 26.2. The Morgan fingerprint density at radius 3 is 2.03 bits per heavy atom. The lowest BCUT2D eigenvalue weighted by Crippen LogP contribution is -2.51. The summed E-state index contributed by atoms with van der Waals surface area (Å²) in [7, 11) is 2.33. The molecule has 9 atom stereocenters. The van der Waals surface area contributed by atoms with Crippen LogP contribution in [0.25, 0.3) is 0 Å². The van der Waals surface area contributed by atoms with Gasteiger partial charge < -0.3 is 23.9 Å². The summed E-state index contributed by atoms with van der Waals surface area (Å²) in [6.07, 6.45) is 7.70. The van der Waals surface area contributed by atoms with E-state index in [-0.39, 0.29) is 41.3 Å². The van der Waals surface area contributed by atoms with Crippen LogP contribution >= 0.6 is 0 Å². The molecule has 0 saturated carbocycles. The number of hydrogen-bond acceptors (Lipinski definition) is 5. The van der Waals surface area contributed by atoms with E-state index in [2.05, 4.69) is 73.6 Å². The summed E-state index contributed by atoms with van der Waals surface area (Å²) in [4.78, 5) is 13.9. The molecule has 0 aromatic heterocycles. The van der Waals surface area contributed by atoms with E-state index in [1.807, 2.05) is 0 Å². The molecule has 0 aromatic carbocycles. The Morgan fingerprint density at radius 1 is 1.00 bits per heavy atom.